The number of nitrogens with zero attached hydrogens (tertiary/aromatic N) is 1. The van der Waals surface area contributed by atoms with E-state index in [4.69, 9.17) is 0 Å². The highest BCUT2D eigenvalue weighted by molar-refractivity contribution is 5.78. The molecule has 1 heterocycles. The van der Waals surface area contributed by atoms with E-state index >= 15 is 0 Å². The maximum Gasteiger partial charge on any atom is 0.236 e. The molecule has 0 aromatic heterocycles. The Kier molecular flexibility index (Phi) is 3.51. The Balaban J connectivity index is 1.59. The number of hydrogen-bond acceptors (Lipinski definition) is 2. The second-order valence-electron chi connectivity index (χ2n) is 5.40. The molecule has 1 aromatic carbocycles. The summed E-state index contributed by atoms with van der Waals surface area (Å²) in [7, 11) is 0. The van der Waals surface area contributed by atoms with Crippen molar-refractivity contribution >= 4 is 5.91 Å². The van der Waals surface area contributed by atoms with Crippen molar-refractivity contribution in [3.63, 3.8) is 0 Å². The number of likely N-dealkylation sites (tertiary alicyclic amines) is 1. The lowest BCUT2D eigenvalue weighted by atomic mass is 10.1. The molecule has 1 unspecified atom stereocenters. The summed E-state index contributed by atoms with van der Waals surface area (Å²) in [5, 5.41) is 3.32. The van der Waals surface area contributed by atoms with Crippen LogP contribution in [0.25, 0.3) is 0 Å². The topological polar surface area (TPSA) is 32.3 Å². The van der Waals surface area contributed by atoms with Crippen LogP contribution in [0, 0.1) is 5.82 Å². The van der Waals surface area contributed by atoms with E-state index in [-0.39, 0.29) is 17.8 Å². The van der Waals surface area contributed by atoms with Gasteiger partial charge in [0.1, 0.15) is 5.82 Å². The highest BCUT2D eigenvalue weighted by Crippen LogP contribution is 2.31. The van der Waals surface area contributed by atoms with E-state index in [1.54, 1.807) is 6.07 Å². The molecule has 1 aliphatic heterocycles. The highest BCUT2D eigenvalue weighted by atomic mass is 19.1. The van der Waals surface area contributed by atoms with Crippen molar-refractivity contribution in [1.82, 2.24) is 10.2 Å². The summed E-state index contributed by atoms with van der Waals surface area (Å²) in [6.45, 7) is 2.18. The quantitative estimate of drug-likeness (QED) is 0.904. The van der Waals surface area contributed by atoms with Gasteiger partial charge in [0.2, 0.25) is 5.91 Å². The van der Waals surface area contributed by atoms with Crippen molar-refractivity contribution in [3.05, 3.63) is 35.1 Å². The third-order valence-corrected chi connectivity index (χ3v) is 4.14. The van der Waals surface area contributed by atoms with Crippen LogP contribution in [-0.4, -0.2) is 30.4 Å². The van der Waals surface area contributed by atoms with Gasteiger partial charge >= 0.3 is 0 Å². The van der Waals surface area contributed by atoms with E-state index in [9.17, 15) is 9.18 Å². The Bertz CT molecular complexity index is 483. The van der Waals surface area contributed by atoms with Crippen molar-refractivity contribution in [2.45, 2.75) is 31.7 Å². The Labute approximate surface area is 112 Å². The van der Waals surface area contributed by atoms with Crippen LogP contribution in [0.5, 0.6) is 0 Å². The van der Waals surface area contributed by atoms with Crippen LogP contribution in [0.2, 0.25) is 0 Å². The van der Waals surface area contributed by atoms with Gasteiger partial charge in [0.15, 0.2) is 0 Å². The van der Waals surface area contributed by atoms with Gasteiger partial charge in [0.25, 0.3) is 0 Å². The molecular weight excluding hydrogens is 243 g/mol. The fourth-order valence-electron chi connectivity index (χ4n) is 3.09. The van der Waals surface area contributed by atoms with E-state index in [0.717, 1.165) is 49.9 Å². The first-order valence-electron chi connectivity index (χ1n) is 7.03. The predicted molar refractivity (Wildman–Crippen MR) is 71.3 cm³/mol. The lowest BCUT2D eigenvalue weighted by molar-refractivity contribution is -0.129. The van der Waals surface area contributed by atoms with E-state index < -0.39 is 0 Å². The lowest BCUT2D eigenvalue weighted by Crippen LogP contribution is -2.37. The van der Waals surface area contributed by atoms with E-state index in [0.29, 0.717) is 6.54 Å². The van der Waals surface area contributed by atoms with Crippen molar-refractivity contribution < 1.29 is 9.18 Å². The number of halogens is 1. The van der Waals surface area contributed by atoms with Gasteiger partial charge in [-0.05, 0) is 48.9 Å². The molecule has 3 rings (SSSR count). The van der Waals surface area contributed by atoms with E-state index in [1.165, 1.54) is 6.07 Å². The fourth-order valence-corrected chi connectivity index (χ4v) is 3.09. The normalized spacial score (nSPS) is 21.7. The zero-order valence-electron chi connectivity index (χ0n) is 11.0. The number of nitrogens with one attached hydrogen (secondary N) is 1. The van der Waals surface area contributed by atoms with Crippen molar-refractivity contribution in [1.29, 1.82) is 0 Å². The first-order chi connectivity index (χ1) is 9.24. The van der Waals surface area contributed by atoms with Gasteiger partial charge in [-0.1, -0.05) is 6.07 Å². The lowest BCUT2D eigenvalue weighted by Gasteiger charge is -2.18. The molecule has 1 aliphatic carbocycles. The number of aryl methyl sites for hydroxylation is 1. The van der Waals surface area contributed by atoms with Gasteiger partial charge in [-0.3, -0.25) is 4.79 Å². The molecule has 3 nitrogen and oxygen atoms in total. The number of rotatable bonds is 3. The number of carbonyl (C=O) groups excluding carboxylic acids is 1. The Morgan fingerprint density at radius 2 is 2.16 bits per heavy atom. The maximum atomic E-state index is 13.1. The number of carbonyl (C=O) groups is 1. The number of hydrogen-bond donors (Lipinski definition) is 1. The standard InChI is InChI=1S/C15H19FN2O/c16-12-4-5-13-11(9-12)3-6-14(13)17-10-15(19)18-7-1-2-8-18/h4-5,9,14,17H,1-3,6-8,10H2. The molecular formula is C15H19FN2O. The zero-order valence-corrected chi connectivity index (χ0v) is 11.0. The molecule has 4 heteroatoms. The molecule has 1 aromatic rings. The minimum absolute atomic E-state index is 0.174. The highest BCUT2D eigenvalue weighted by Gasteiger charge is 2.24. The van der Waals surface area contributed by atoms with Gasteiger partial charge in [-0.15, -0.1) is 0 Å². The van der Waals surface area contributed by atoms with Crippen LogP contribution < -0.4 is 5.32 Å². The molecule has 2 aliphatic rings. The summed E-state index contributed by atoms with van der Waals surface area (Å²) in [5.41, 5.74) is 2.22. The third-order valence-electron chi connectivity index (χ3n) is 4.14. The molecule has 102 valence electrons. The van der Waals surface area contributed by atoms with Crippen molar-refractivity contribution in [3.8, 4) is 0 Å². The maximum absolute atomic E-state index is 13.1. The van der Waals surface area contributed by atoms with E-state index in [1.807, 2.05) is 11.0 Å². The van der Waals surface area contributed by atoms with Crippen LogP contribution in [0.4, 0.5) is 4.39 Å². The second kappa shape index (κ2) is 5.29. The number of amides is 1. The van der Waals surface area contributed by atoms with Crippen LogP contribution >= 0.6 is 0 Å². The second-order valence-corrected chi connectivity index (χ2v) is 5.40. The zero-order chi connectivity index (χ0) is 13.2. The smallest absolute Gasteiger partial charge is 0.236 e. The Morgan fingerprint density at radius 1 is 1.37 bits per heavy atom. The summed E-state index contributed by atoms with van der Waals surface area (Å²) < 4.78 is 13.1. The summed E-state index contributed by atoms with van der Waals surface area (Å²) in [5.74, 6) is 0.0144. The minimum atomic E-state index is -0.174. The van der Waals surface area contributed by atoms with Crippen LogP contribution in [0.3, 0.4) is 0 Å². The average molecular weight is 262 g/mol. The molecule has 0 spiro atoms. The fraction of sp³-hybridized carbons (Fsp3) is 0.533. The molecule has 0 radical (unpaired) electrons. The minimum Gasteiger partial charge on any atom is -0.342 e. The van der Waals surface area contributed by atoms with Gasteiger partial charge < -0.3 is 10.2 Å². The average Bonchev–Trinajstić information content (AvgIpc) is 3.05. The summed E-state index contributed by atoms with van der Waals surface area (Å²) in [6.07, 6.45) is 4.09. The summed E-state index contributed by atoms with van der Waals surface area (Å²) in [4.78, 5) is 13.9. The molecule has 19 heavy (non-hydrogen) atoms. The van der Waals surface area contributed by atoms with Gasteiger partial charge in [-0.2, -0.15) is 0 Å². The van der Waals surface area contributed by atoms with Crippen LogP contribution in [0.1, 0.15) is 36.4 Å². The molecule has 0 saturated carbocycles. The molecule has 1 amide bonds. The largest absolute Gasteiger partial charge is 0.342 e. The van der Waals surface area contributed by atoms with Crippen LogP contribution in [-0.2, 0) is 11.2 Å². The first kappa shape index (κ1) is 12.6. The van der Waals surface area contributed by atoms with Crippen molar-refractivity contribution in [2.24, 2.45) is 0 Å². The van der Waals surface area contributed by atoms with Crippen molar-refractivity contribution in [2.75, 3.05) is 19.6 Å². The Hall–Kier alpha value is -1.42. The van der Waals surface area contributed by atoms with Gasteiger partial charge in [0, 0.05) is 19.1 Å². The van der Waals surface area contributed by atoms with Gasteiger partial charge in [-0.25, -0.2) is 4.39 Å². The predicted octanol–water partition coefficient (Wildman–Crippen LogP) is 2.02. The molecule has 1 atom stereocenters. The monoisotopic (exact) mass is 262 g/mol. The molecule has 1 saturated heterocycles. The molecule has 1 N–H and O–H groups in total. The number of fused-ring (bicyclic) bond motifs is 1. The third kappa shape index (κ3) is 2.63. The van der Waals surface area contributed by atoms with Gasteiger partial charge in [0.05, 0.1) is 6.54 Å². The molecule has 1 fully saturated rings. The summed E-state index contributed by atoms with van der Waals surface area (Å²) >= 11 is 0. The first-order valence-corrected chi connectivity index (χ1v) is 7.03. The van der Waals surface area contributed by atoms with E-state index in [2.05, 4.69) is 5.32 Å². The molecule has 0 bridgehead atoms. The number of benzene rings is 1. The Morgan fingerprint density at radius 3 is 2.95 bits per heavy atom. The summed E-state index contributed by atoms with van der Waals surface area (Å²) in [6, 6.07) is 5.15. The van der Waals surface area contributed by atoms with Crippen LogP contribution in [0.15, 0.2) is 18.2 Å². The SMILES string of the molecule is O=C(CNC1CCc2cc(F)ccc21)N1CCCC1.